The summed E-state index contributed by atoms with van der Waals surface area (Å²) in [6.07, 6.45) is 6.81. The van der Waals surface area contributed by atoms with Crippen LogP contribution in [0.15, 0.2) is 0 Å². The molecule has 7 nitrogen and oxygen atoms in total. The van der Waals surface area contributed by atoms with E-state index in [4.69, 9.17) is 4.55 Å². The van der Waals surface area contributed by atoms with E-state index in [9.17, 15) is 23.4 Å². The van der Waals surface area contributed by atoms with Crippen LogP contribution in [0.2, 0.25) is 0 Å². The van der Waals surface area contributed by atoms with Gasteiger partial charge in [0.2, 0.25) is 5.91 Å². The van der Waals surface area contributed by atoms with Gasteiger partial charge in [-0.3, -0.25) is 9.35 Å². The standard InChI is InChI=1S/C27H47NO6S/c1-5-18-21-14-17(29)8-9-27(21,4)22-12-16(3)24-19(6-7-20(24)25(22)26(18)31)15(2)13-23(30)28-10-11-35(32,33)34/h15-22,24-26,29,31H,5-14H2,1-4H3,(H,28,30)(H,32,33,34)/t15-,16-,17-,18-,19+,20-,21+,22+,24-,25+,26-,27+/m1/s1. The lowest BCUT2D eigenvalue weighted by Crippen LogP contribution is -2.61. The lowest BCUT2D eigenvalue weighted by Gasteiger charge is -2.64. The molecule has 0 radical (unpaired) electrons. The Morgan fingerprint density at radius 3 is 2.49 bits per heavy atom. The van der Waals surface area contributed by atoms with Crippen LogP contribution in [-0.2, 0) is 14.9 Å². The van der Waals surface area contributed by atoms with Gasteiger partial charge in [-0.2, -0.15) is 8.42 Å². The van der Waals surface area contributed by atoms with E-state index in [1.165, 1.54) is 0 Å². The normalized spacial score (nSPS) is 46.3. The van der Waals surface area contributed by atoms with Crippen molar-refractivity contribution in [2.45, 2.75) is 91.3 Å². The van der Waals surface area contributed by atoms with Crippen molar-refractivity contribution in [2.24, 2.45) is 58.7 Å². The molecule has 4 aliphatic rings. The van der Waals surface area contributed by atoms with E-state index in [2.05, 4.69) is 33.0 Å². The Kier molecular flexibility index (Phi) is 7.98. The van der Waals surface area contributed by atoms with Gasteiger partial charge in [0.25, 0.3) is 10.1 Å². The van der Waals surface area contributed by atoms with Crippen LogP contribution in [0.1, 0.15) is 79.1 Å². The number of carbonyl (C=O) groups is 1. The minimum Gasteiger partial charge on any atom is -0.393 e. The molecule has 8 heteroatoms. The summed E-state index contributed by atoms with van der Waals surface area (Å²) in [7, 11) is -4.08. The van der Waals surface area contributed by atoms with Gasteiger partial charge in [0.15, 0.2) is 0 Å². The Bertz CT molecular complexity index is 879. The maximum absolute atomic E-state index is 12.5. The number of rotatable bonds is 7. The molecule has 0 aromatic heterocycles. The van der Waals surface area contributed by atoms with E-state index in [1.807, 2.05) is 0 Å². The summed E-state index contributed by atoms with van der Waals surface area (Å²) in [5.41, 5.74) is 0.180. The SMILES string of the molecule is CC[C@H]1[C@@H](O)[C@H]2[C@@H]3CC[C@@H]([C@H](C)CC(=O)NCCS(=O)(=O)O)[C@H]3[C@H](C)C[C@@H]2[C@@]2(C)CC[C@@H](O)C[C@@H]12. The first-order valence-electron chi connectivity index (χ1n) is 13.9. The highest BCUT2D eigenvalue weighted by molar-refractivity contribution is 7.85. The third-order valence-electron chi connectivity index (χ3n) is 11.0. The molecule has 12 atom stereocenters. The van der Waals surface area contributed by atoms with E-state index in [1.54, 1.807) is 0 Å². The lowest BCUT2D eigenvalue weighted by molar-refractivity contribution is -0.199. The highest BCUT2D eigenvalue weighted by Gasteiger charge is 2.63. The zero-order chi connectivity index (χ0) is 25.7. The third kappa shape index (κ3) is 5.19. The van der Waals surface area contributed by atoms with Crippen molar-refractivity contribution >= 4 is 16.0 Å². The molecule has 4 N–H and O–H groups in total. The van der Waals surface area contributed by atoms with Gasteiger partial charge < -0.3 is 15.5 Å². The van der Waals surface area contributed by atoms with E-state index in [0.717, 1.165) is 44.9 Å². The number of nitrogens with one attached hydrogen (secondary N) is 1. The largest absolute Gasteiger partial charge is 0.393 e. The summed E-state index contributed by atoms with van der Waals surface area (Å²) in [5.74, 6) is 2.93. The van der Waals surface area contributed by atoms with E-state index in [-0.39, 0.29) is 41.9 Å². The smallest absolute Gasteiger partial charge is 0.266 e. The van der Waals surface area contributed by atoms with Crippen LogP contribution < -0.4 is 5.32 Å². The second-order valence-electron chi connectivity index (χ2n) is 12.8. The Labute approximate surface area is 211 Å². The quantitative estimate of drug-likeness (QED) is 0.386. The zero-order valence-corrected chi connectivity index (χ0v) is 22.7. The molecule has 0 heterocycles. The van der Waals surface area contributed by atoms with Crippen LogP contribution in [0.4, 0.5) is 0 Å². The minimum absolute atomic E-state index is 0.0691. The molecule has 202 valence electrons. The van der Waals surface area contributed by atoms with Crippen LogP contribution in [0.25, 0.3) is 0 Å². The zero-order valence-electron chi connectivity index (χ0n) is 21.9. The van der Waals surface area contributed by atoms with Crippen LogP contribution in [0.5, 0.6) is 0 Å². The molecule has 0 aromatic carbocycles. The van der Waals surface area contributed by atoms with Crippen molar-refractivity contribution in [3.63, 3.8) is 0 Å². The average molecular weight is 514 g/mol. The van der Waals surface area contributed by atoms with Crippen molar-refractivity contribution in [3.05, 3.63) is 0 Å². The van der Waals surface area contributed by atoms with Crippen LogP contribution in [0.3, 0.4) is 0 Å². The molecule has 4 fully saturated rings. The van der Waals surface area contributed by atoms with Gasteiger partial charge in [-0.15, -0.1) is 0 Å². The molecular weight excluding hydrogens is 466 g/mol. The van der Waals surface area contributed by atoms with Gasteiger partial charge in [0, 0.05) is 13.0 Å². The predicted octanol–water partition coefficient (Wildman–Crippen LogP) is 3.50. The number of hydrogen-bond donors (Lipinski definition) is 4. The fraction of sp³-hybridized carbons (Fsp3) is 0.963. The third-order valence-corrected chi connectivity index (χ3v) is 11.8. The molecule has 4 saturated carbocycles. The lowest BCUT2D eigenvalue weighted by atomic mass is 9.42. The molecule has 0 unspecified atom stereocenters. The first-order chi connectivity index (χ1) is 16.4. The Balaban J connectivity index is 1.48. The van der Waals surface area contributed by atoms with Crippen molar-refractivity contribution in [2.75, 3.05) is 12.3 Å². The second-order valence-corrected chi connectivity index (χ2v) is 14.4. The Hall–Kier alpha value is -0.700. The topological polar surface area (TPSA) is 124 Å². The van der Waals surface area contributed by atoms with Crippen molar-refractivity contribution < 1.29 is 28.0 Å². The summed E-state index contributed by atoms with van der Waals surface area (Å²) >= 11 is 0. The molecule has 0 spiro atoms. The highest BCUT2D eigenvalue weighted by Crippen LogP contribution is 2.67. The Morgan fingerprint density at radius 2 is 1.83 bits per heavy atom. The van der Waals surface area contributed by atoms with Gasteiger partial charge in [-0.1, -0.05) is 34.1 Å². The summed E-state index contributed by atoms with van der Waals surface area (Å²) in [4.78, 5) is 12.5. The number of fused-ring (bicyclic) bond motifs is 5. The molecule has 0 saturated heterocycles. The molecule has 35 heavy (non-hydrogen) atoms. The number of aliphatic hydroxyl groups excluding tert-OH is 2. The van der Waals surface area contributed by atoms with Gasteiger partial charge in [0.05, 0.1) is 18.0 Å². The number of aliphatic hydroxyl groups is 2. The van der Waals surface area contributed by atoms with Crippen molar-refractivity contribution in [1.29, 1.82) is 0 Å². The first kappa shape index (κ1) is 27.3. The fourth-order valence-electron chi connectivity index (χ4n) is 9.61. The van der Waals surface area contributed by atoms with Crippen molar-refractivity contribution in [3.8, 4) is 0 Å². The van der Waals surface area contributed by atoms with Gasteiger partial charge in [0.1, 0.15) is 0 Å². The van der Waals surface area contributed by atoms with Gasteiger partial charge >= 0.3 is 0 Å². The number of hydrogen-bond acceptors (Lipinski definition) is 5. The molecule has 1 amide bonds. The maximum Gasteiger partial charge on any atom is 0.266 e. The summed E-state index contributed by atoms with van der Waals surface area (Å²) in [6, 6.07) is 0. The maximum atomic E-state index is 12.5. The number of carbonyl (C=O) groups excluding carboxylic acids is 1. The molecule has 0 bridgehead atoms. The fourth-order valence-corrected chi connectivity index (χ4v) is 9.97. The Morgan fingerprint density at radius 1 is 1.11 bits per heavy atom. The minimum atomic E-state index is -4.08. The average Bonchev–Trinajstić information content (AvgIpc) is 3.21. The summed E-state index contributed by atoms with van der Waals surface area (Å²) in [5, 5.41) is 24.9. The molecule has 4 aliphatic carbocycles. The number of amides is 1. The molecular formula is C27H47NO6S. The van der Waals surface area contributed by atoms with Gasteiger partial charge in [-0.25, -0.2) is 0 Å². The molecule has 0 aromatic rings. The second kappa shape index (κ2) is 10.2. The monoisotopic (exact) mass is 513 g/mol. The van der Waals surface area contributed by atoms with E-state index in [0.29, 0.717) is 47.8 Å². The van der Waals surface area contributed by atoms with Gasteiger partial charge in [-0.05, 0) is 97.2 Å². The van der Waals surface area contributed by atoms with E-state index < -0.39 is 15.9 Å². The summed E-state index contributed by atoms with van der Waals surface area (Å²) < 4.78 is 30.7. The van der Waals surface area contributed by atoms with Crippen LogP contribution in [-0.4, -0.2) is 53.6 Å². The first-order valence-corrected chi connectivity index (χ1v) is 15.6. The van der Waals surface area contributed by atoms with Crippen molar-refractivity contribution in [1.82, 2.24) is 5.32 Å². The van der Waals surface area contributed by atoms with Crippen LogP contribution in [0, 0.1) is 58.7 Å². The molecule has 0 aliphatic heterocycles. The van der Waals surface area contributed by atoms with E-state index >= 15 is 0 Å². The highest BCUT2D eigenvalue weighted by atomic mass is 32.2. The summed E-state index contributed by atoms with van der Waals surface area (Å²) in [6.45, 7) is 9.09. The predicted molar refractivity (Wildman–Crippen MR) is 135 cm³/mol. The molecule has 4 rings (SSSR count). The van der Waals surface area contributed by atoms with Crippen LogP contribution >= 0.6 is 0 Å².